The minimum Gasteiger partial charge on any atom is -0.379 e. The monoisotopic (exact) mass is 242 g/mol. The molecule has 2 rings (SSSR count). The maximum absolute atomic E-state index is 11.0. The summed E-state index contributed by atoms with van der Waals surface area (Å²) in [5, 5.41) is 3.19. The molecule has 0 spiro atoms. The highest BCUT2D eigenvalue weighted by molar-refractivity contribution is 5.93. The first-order chi connectivity index (χ1) is 8.65. The van der Waals surface area contributed by atoms with Gasteiger partial charge in [0.15, 0.2) is 0 Å². The topological polar surface area (TPSA) is 80.9 Å². The van der Waals surface area contributed by atoms with Gasteiger partial charge >= 0.3 is 0 Å². The predicted octanol–water partition coefficient (Wildman–Crippen LogP) is 1.50. The fourth-order valence-corrected chi connectivity index (χ4v) is 1.58. The highest BCUT2D eigenvalue weighted by atomic mass is 16.1. The Morgan fingerprint density at radius 2 is 2.22 bits per heavy atom. The number of nitrogens with one attached hydrogen (secondary N) is 1. The fourth-order valence-electron chi connectivity index (χ4n) is 1.58. The van der Waals surface area contributed by atoms with Gasteiger partial charge in [0.05, 0.1) is 12.2 Å². The van der Waals surface area contributed by atoms with Gasteiger partial charge in [-0.2, -0.15) is 0 Å². The van der Waals surface area contributed by atoms with Crippen molar-refractivity contribution in [1.82, 2.24) is 9.97 Å². The van der Waals surface area contributed by atoms with Gasteiger partial charge in [0.1, 0.15) is 5.82 Å². The van der Waals surface area contributed by atoms with Crippen LogP contribution in [0.2, 0.25) is 0 Å². The number of rotatable bonds is 4. The van der Waals surface area contributed by atoms with Gasteiger partial charge in [-0.3, -0.25) is 4.79 Å². The Morgan fingerprint density at radius 1 is 1.39 bits per heavy atom. The third-order valence-electron chi connectivity index (χ3n) is 2.45. The van der Waals surface area contributed by atoms with Crippen LogP contribution in [0.15, 0.2) is 36.5 Å². The number of hydrogen-bond acceptors (Lipinski definition) is 4. The molecule has 3 N–H and O–H groups in total. The van der Waals surface area contributed by atoms with Crippen LogP contribution in [-0.4, -0.2) is 15.9 Å². The highest BCUT2D eigenvalue weighted by Crippen LogP contribution is 2.11. The summed E-state index contributed by atoms with van der Waals surface area (Å²) in [5.74, 6) is 0.303. The average molecular weight is 242 g/mol. The number of nitrogens with zero attached hydrogens (tertiary/aromatic N) is 2. The summed E-state index contributed by atoms with van der Waals surface area (Å²) < 4.78 is 0. The first kappa shape index (κ1) is 12.0. The largest absolute Gasteiger partial charge is 0.379 e. The first-order valence-corrected chi connectivity index (χ1v) is 5.57. The molecule has 5 nitrogen and oxygen atoms in total. The average Bonchev–Trinajstić information content (AvgIpc) is 2.37. The zero-order valence-electron chi connectivity index (χ0n) is 10.1. The van der Waals surface area contributed by atoms with Crippen LogP contribution < -0.4 is 11.1 Å². The van der Waals surface area contributed by atoms with E-state index in [1.54, 1.807) is 24.4 Å². The Labute approximate surface area is 105 Å². The summed E-state index contributed by atoms with van der Waals surface area (Å²) >= 11 is 0. The minimum absolute atomic E-state index is 0.434. The lowest BCUT2D eigenvalue weighted by Crippen LogP contribution is -2.11. The molecule has 1 aromatic carbocycles. The standard InChI is InChI=1S/C13H14N4O/c1-9-15-6-5-12(17-9)8-16-11-4-2-3-10(7-11)13(14)18/h2-7,16H,8H2,1H3,(H2,14,18). The molecule has 0 fully saturated rings. The van der Waals surface area contributed by atoms with E-state index in [0.717, 1.165) is 17.2 Å². The number of aryl methyl sites for hydroxylation is 1. The summed E-state index contributed by atoms with van der Waals surface area (Å²) in [7, 11) is 0. The van der Waals surface area contributed by atoms with E-state index >= 15 is 0 Å². The molecule has 0 saturated carbocycles. The SMILES string of the molecule is Cc1nccc(CNc2cccc(C(N)=O)c2)n1. The molecule has 0 aliphatic carbocycles. The van der Waals surface area contributed by atoms with Gasteiger partial charge in [-0.15, -0.1) is 0 Å². The minimum atomic E-state index is -0.434. The Hall–Kier alpha value is -2.43. The van der Waals surface area contributed by atoms with Gasteiger partial charge in [0.2, 0.25) is 5.91 Å². The Balaban J connectivity index is 2.06. The van der Waals surface area contributed by atoms with Crippen molar-refractivity contribution in [2.24, 2.45) is 5.73 Å². The molecule has 5 heteroatoms. The molecular weight excluding hydrogens is 228 g/mol. The van der Waals surface area contributed by atoms with Crippen molar-refractivity contribution < 1.29 is 4.79 Å². The van der Waals surface area contributed by atoms with Crippen LogP contribution in [0.1, 0.15) is 21.9 Å². The summed E-state index contributed by atoms with van der Waals surface area (Å²) in [6.07, 6.45) is 1.72. The normalized spacial score (nSPS) is 10.1. The van der Waals surface area contributed by atoms with Crippen molar-refractivity contribution in [2.45, 2.75) is 13.5 Å². The summed E-state index contributed by atoms with van der Waals surface area (Å²) in [6, 6.07) is 8.91. The van der Waals surface area contributed by atoms with Gasteiger partial charge in [-0.05, 0) is 31.2 Å². The van der Waals surface area contributed by atoms with Gasteiger partial charge in [-0.1, -0.05) is 6.07 Å². The molecule has 1 heterocycles. The number of nitrogens with two attached hydrogens (primary N) is 1. The maximum atomic E-state index is 11.0. The van der Waals surface area contributed by atoms with Crippen molar-refractivity contribution in [2.75, 3.05) is 5.32 Å². The third kappa shape index (κ3) is 3.04. The van der Waals surface area contributed by atoms with Crippen molar-refractivity contribution in [3.8, 4) is 0 Å². The molecule has 0 unspecified atom stereocenters. The van der Waals surface area contributed by atoms with Crippen molar-refractivity contribution in [3.63, 3.8) is 0 Å². The number of benzene rings is 1. The van der Waals surface area contributed by atoms with Gasteiger partial charge in [0, 0.05) is 17.4 Å². The molecule has 2 aromatic rings. The Morgan fingerprint density at radius 3 is 2.94 bits per heavy atom. The van der Waals surface area contributed by atoms with E-state index in [-0.39, 0.29) is 0 Å². The van der Waals surface area contributed by atoms with Crippen LogP contribution in [0.25, 0.3) is 0 Å². The smallest absolute Gasteiger partial charge is 0.248 e. The lowest BCUT2D eigenvalue weighted by Gasteiger charge is -2.07. The second-order valence-corrected chi connectivity index (χ2v) is 3.89. The van der Waals surface area contributed by atoms with Crippen molar-refractivity contribution >= 4 is 11.6 Å². The van der Waals surface area contributed by atoms with Gasteiger partial charge in [-0.25, -0.2) is 9.97 Å². The van der Waals surface area contributed by atoms with Crippen LogP contribution in [-0.2, 0) is 6.54 Å². The van der Waals surface area contributed by atoms with Crippen LogP contribution in [0.4, 0.5) is 5.69 Å². The lowest BCUT2D eigenvalue weighted by atomic mass is 10.2. The van der Waals surface area contributed by atoms with Gasteiger partial charge in [0.25, 0.3) is 0 Å². The second kappa shape index (κ2) is 5.27. The molecular formula is C13H14N4O. The van der Waals surface area contributed by atoms with Crippen LogP contribution in [0.5, 0.6) is 0 Å². The summed E-state index contributed by atoms with van der Waals surface area (Å²) in [6.45, 7) is 2.42. The van der Waals surface area contributed by atoms with E-state index in [9.17, 15) is 4.79 Å². The van der Waals surface area contributed by atoms with E-state index in [1.807, 2.05) is 19.1 Å². The number of anilines is 1. The Kier molecular flexibility index (Phi) is 3.52. The second-order valence-electron chi connectivity index (χ2n) is 3.89. The number of amides is 1. The van der Waals surface area contributed by atoms with Crippen LogP contribution >= 0.6 is 0 Å². The molecule has 0 aliphatic heterocycles. The molecule has 0 atom stereocenters. The highest BCUT2D eigenvalue weighted by Gasteiger charge is 2.01. The predicted molar refractivity (Wildman–Crippen MR) is 69.1 cm³/mol. The molecule has 18 heavy (non-hydrogen) atoms. The molecule has 92 valence electrons. The molecule has 0 saturated heterocycles. The number of aromatic nitrogens is 2. The summed E-state index contributed by atoms with van der Waals surface area (Å²) in [4.78, 5) is 19.4. The number of hydrogen-bond donors (Lipinski definition) is 2. The molecule has 0 bridgehead atoms. The lowest BCUT2D eigenvalue weighted by molar-refractivity contribution is 0.100. The Bertz CT molecular complexity index is 568. The third-order valence-corrected chi connectivity index (χ3v) is 2.45. The van der Waals surface area contributed by atoms with E-state index in [4.69, 9.17) is 5.73 Å². The van der Waals surface area contributed by atoms with Crippen LogP contribution in [0.3, 0.4) is 0 Å². The van der Waals surface area contributed by atoms with Crippen LogP contribution in [0, 0.1) is 6.92 Å². The van der Waals surface area contributed by atoms with E-state index < -0.39 is 5.91 Å². The van der Waals surface area contributed by atoms with E-state index in [2.05, 4.69) is 15.3 Å². The van der Waals surface area contributed by atoms with Gasteiger partial charge < -0.3 is 11.1 Å². The number of carbonyl (C=O) groups excluding carboxylic acids is 1. The molecule has 0 aliphatic rings. The fraction of sp³-hybridized carbons (Fsp3) is 0.154. The van der Waals surface area contributed by atoms with E-state index in [1.165, 1.54) is 0 Å². The zero-order chi connectivity index (χ0) is 13.0. The quantitative estimate of drug-likeness (QED) is 0.851. The number of primary amides is 1. The molecule has 0 radical (unpaired) electrons. The summed E-state index contributed by atoms with van der Waals surface area (Å²) in [5.41, 5.74) is 7.44. The first-order valence-electron chi connectivity index (χ1n) is 5.57. The van der Waals surface area contributed by atoms with Crippen molar-refractivity contribution in [1.29, 1.82) is 0 Å². The van der Waals surface area contributed by atoms with Crippen molar-refractivity contribution in [3.05, 3.63) is 53.6 Å². The zero-order valence-corrected chi connectivity index (χ0v) is 10.1. The maximum Gasteiger partial charge on any atom is 0.248 e. The molecule has 1 aromatic heterocycles. The molecule has 1 amide bonds. The number of carbonyl (C=O) groups is 1. The van der Waals surface area contributed by atoms with E-state index in [0.29, 0.717) is 12.1 Å².